The highest BCUT2D eigenvalue weighted by Gasteiger charge is 2.15. The van der Waals surface area contributed by atoms with Crippen LogP contribution < -0.4 is 5.32 Å². The first-order valence-electron chi connectivity index (χ1n) is 11.0. The minimum absolute atomic E-state index is 0.0728. The van der Waals surface area contributed by atoms with Gasteiger partial charge in [-0.2, -0.15) is 0 Å². The number of amides is 1. The first kappa shape index (κ1) is 23.8. The van der Waals surface area contributed by atoms with Crippen molar-refractivity contribution in [2.24, 2.45) is 0 Å². The van der Waals surface area contributed by atoms with Crippen LogP contribution >= 0.6 is 11.5 Å². The number of aromatic nitrogens is 3. The van der Waals surface area contributed by atoms with Gasteiger partial charge in [0.1, 0.15) is 12.4 Å². The maximum atomic E-state index is 13.8. The molecule has 3 aromatic heterocycles. The van der Waals surface area contributed by atoms with E-state index in [1.165, 1.54) is 29.9 Å². The third-order valence-corrected chi connectivity index (χ3v) is 7.72. The number of nitrogens with zero attached hydrogens (tertiary/aromatic N) is 3. The molecule has 3 heterocycles. The van der Waals surface area contributed by atoms with Crippen LogP contribution in [0, 0.1) is 10.6 Å². The average Bonchev–Trinajstić information content (AvgIpc) is 3.51. The van der Waals surface area contributed by atoms with Crippen LogP contribution in [0.2, 0.25) is 0 Å². The van der Waals surface area contributed by atoms with Crippen LogP contribution in [0.4, 0.5) is 4.39 Å². The summed E-state index contributed by atoms with van der Waals surface area (Å²) in [5.41, 5.74) is 4.06. The number of carbonyl (C=O) groups is 1. The summed E-state index contributed by atoms with van der Waals surface area (Å²) in [6, 6.07) is 19.0. The molecular weight excluding hydrogens is 497 g/mol. The highest BCUT2D eigenvalue weighted by Crippen LogP contribution is 2.30. The third kappa shape index (κ3) is 5.05. The monoisotopic (exact) mass is 519 g/mol. The first-order valence-corrected chi connectivity index (χ1v) is 13.8. The summed E-state index contributed by atoms with van der Waals surface area (Å²) in [7, 11) is -2.75. The summed E-state index contributed by atoms with van der Waals surface area (Å²) in [5.74, 6) is -0.519. The van der Waals surface area contributed by atoms with Crippen molar-refractivity contribution in [2.45, 2.75) is 18.0 Å². The van der Waals surface area contributed by atoms with E-state index in [2.05, 4.69) is 14.7 Å². The molecule has 0 radical (unpaired) electrons. The van der Waals surface area contributed by atoms with Gasteiger partial charge < -0.3 is 9.88 Å². The van der Waals surface area contributed by atoms with Gasteiger partial charge in [0.2, 0.25) is 5.91 Å². The number of hydrogen-bond donors (Lipinski definition) is 2. The van der Waals surface area contributed by atoms with E-state index in [0.29, 0.717) is 10.6 Å². The zero-order valence-corrected chi connectivity index (χ0v) is 20.9. The Labute approximate surface area is 211 Å². The first-order chi connectivity index (χ1) is 17.3. The lowest BCUT2D eigenvalue weighted by Gasteiger charge is -2.11. The SMILES string of the molecule is C[S@@](=N)(=O)c1ccc(-c2ccc(CNC(=O)Cn3c(-c4ccns4)cc4cc(F)ccc43)nc2)cc1. The maximum absolute atomic E-state index is 13.8. The molecule has 1 atom stereocenters. The fourth-order valence-corrected chi connectivity index (χ4v) is 5.23. The van der Waals surface area contributed by atoms with Gasteiger partial charge in [-0.15, -0.1) is 0 Å². The van der Waals surface area contributed by atoms with Crippen molar-refractivity contribution in [3.05, 3.63) is 90.6 Å². The summed E-state index contributed by atoms with van der Waals surface area (Å²) in [6.07, 6.45) is 4.81. The van der Waals surface area contributed by atoms with Gasteiger partial charge in [-0.3, -0.25) is 9.78 Å². The van der Waals surface area contributed by atoms with Crippen molar-refractivity contribution in [3.63, 3.8) is 0 Å². The van der Waals surface area contributed by atoms with E-state index < -0.39 is 9.73 Å². The van der Waals surface area contributed by atoms with Crippen LogP contribution in [0.15, 0.2) is 84.0 Å². The van der Waals surface area contributed by atoms with Crippen LogP contribution in [0.3, 0.4) is 0 Å². The summed E-state index contributed by atoms with van der Waals surface area (Å²) in [4.78, 5) is 18.7. The number of halogens is 1. The Balaban J connectivity index is 1.28. The van der Waals surface area contributed by atoms with Crippen LogP contribution in [-0.4, -0.2) is 30.3 Å². The van der Waals surface area contributed by atoms with Gasteiger partial charge in [0, 0.05) is 40.0 Å². The minimum Gasteiger partial charge on any atom is -0.349 e. The molecule has 10 heteroatoms. The lowest BCUT2D eigenvalue weighted by molar-refractivity contribution is -0.121. The predicted molar refractivity (Wildman–Crippen MR) is 140 cm³/mol. The standard InChI is InChI=1S/C26H22FN5O2S2/c1-36(28,34)22-7-3-17(4-8-22)18-2-6-21(29-14-18)15-30-26(33)16-32-23-9-5-20(27)12-19(23)13-24(32)25-10-11-31-35-25/h2-14,28H,15-16H2,1H3,(H,30,33)/t36-/m1/s1. The van der Waals surface area contributed by atoms with E-state index in [1.807, 2.05) is 41.0 Å². The van der Waals surface area contributed by atoms with E-state index >= 15 is 0 Å². The second-order valence-corrected chi connectivity index (χ2v) is 11.4. The highest BCUT2D eigenvalue weighted by atomic mass is 32.2. The van der Waals surface area contributed by atoms with Crippen molar-refractivity contribution in [3.8, 4) is 21.7 Å². The Morgan fingerprint density at radius 2 is 1.86 bits per heavy atom. The number of nitrogens with one attached hydrogen (secondary N) is 2. The van der Waals surface area contributed by atoms with Crippen molar-refractivity contribution >= 4 is 38.1 Å². The third-order valence-electron chi connectivity index (χ3n) is 5.78. The molecule has 0 aliphatic heterocycles. The topological polar surface area (TPSA) is 101 Å². The van der Waals surface area contributed by atoms with Crippen molar-refractivity contribution < 1.29 is 13.4 Å². The fourth-order valence-electron chi connectivity index (χ4n) is 3.96. The van der Waals surface area contributed by atoms with Crippen LogP contribution in [-0.2, 0) is 27.6 Å². The minimum atomic E-state index is -2.75. The summed E-state index contributed by atoms with van der Waals surface area (Å²) in [5, 5.41) is 3.63. The van der Waals surface area contributed by atoms with Gasteiger partial charge in [-0.1, -0.05) is 18.2 Å². The Bertz CT molecular complexity index is 1640. The van der Waals surface area contributed by atoms with Gasteiger partial charge in [-0.25, -0.2) is 17.8 Å². The zero-order chi connectivity index (χ0) is 25.3. The zero-order valence-electron chi connectivity index (χ0n) is 19.3. The Hall–Kier alpha value is -3.89. The lowest BCUT2D eigenvalue weighted by atomic mass is 10.1. The average molecular weight is 520 g/mol. The van der Waals surface area contributed by atoms with E-state index in [-0.39, 0.29) is 24.8 Å². The van der Waals surface area contributed by atoms with E-state index in [4.69, 9.17) is 4.78 Å². The number of pyridine rings is 1. The molecule has 0 spiro atoms. The Kier molecular flexibility index (Phi) is 6.38. The summed E-state index contributed by atoms with van der Waals surface area (Å²) in [6.45, 7) is 0.335. The number of rotatable bonds is 7. The van der Waals surface area contributed by atoms with E-state index in [1.54, 1.807) is 30.6 Å². The molecule has 0 saturated heterocycles. The van der Waals surface area contributed by atoms with Gasteiger partial charge >= 0.3 is 0 Å². The molecule has 1 amide bonds. The van der Waals surface area contributed by atoms with Crippen molar-refractivity contribution in [2.75, 3.05) is 6.26 Å². The Morgan fingerprint density at radius 3 is 2.53 bits per heavy atom. The van der Waals surface area contributed by atoms with Gasteiger partial charge in [0.05, 0.1) is 32.5 Å². The Morgan fingerprint density at radius 1 is 1.08 bits per heavy atom. The van der Waals surface area contributed by atoms with Crippen LogP contribution in [0.5, 0.6) is 0 Å². The largest absolute Gasteiger partial charge is 0.349 e. The molecule has 0 saturated carbocycles. The molecular formula is C26H22FN5O2S2. The van der Waals surface area contributed by atoms with Crippen molar-refractivity contribution in [1.82, 2.24) is 19.2 Å². The number of carbonyl (C=O) groups excluding carboxylic acids is 1. The molecule has 0 aliphatic rings. The molecule has 7 nitrogen and oxygen atoms in total. The summed E-state index contributed by atoms with van der Waals surface area (Å²) >= 11 is 1.32. The summed E-state index contributed by atoms with van der Waals surface area (Å²) < 4.78 is 39.3. The number of benzene rings is 2. The van der Waals surface area contributed by atoms with Crippen LogP contribution in [0.25, 0.3) is 32.6 Å². The lowest BCUT2D eigenvalue weighted by Crippen LogP contribution is -2.27. The van der Waals surface area contributed by atoms with Gasteiger partial charge in [-0.05, 0) is 65.6 Å². The van der Waals surface area contributed by atoms with Crippen LogP contribution in [0.1, 0.15) is 5.69 Å². The molecule has 36 heavy (non-hydrogen) atoms. The molecule has 0 fully saturated rings. The maximum Gasteiger partial charge on any atom is 0.240 e. The second-order valence-electron chi connectivity index (χ2n) is 8.38. The quantitative estimate of drug-likeness (QED) is 0.304. The van der Waals surface area contributed by atoms with Crippen molar-refractivity contribution in [1.29, 1.82) is 4.78 Å². The fraction of sp³-hybridized carbons (Fsp3) is 0.115. The van der Waals surface area contributed by atoms with E-state index in [0.717, 1.165) is 32.6 Å². The number of fused-ring (bicyclic) bond motifs is 1. The molecule has 5 aromatic rings. The van der Waals surface area contributed by atoms with Gasteiger partial charge in [0.15, 0.2) is 0 Å². The normalized spacial score (nSPS) is 12.9. The smallest absolute Gasteiger partial charge is 0.240 e. The van der Waals surface area contributed by atoms with E-state index in [9.17, 15) is 13.4 Å². The second kappa shape index (κ2) is 9.63. The molecule has 5 rings (SSSR count). The molecule has 0 bridgehead atoms. The molecule has 2 N–H and O–H groups in total. The highest BCUT2D eigenvalue weighted by molar-refractivity contribution is 7.91. The molecule has 182 valence electrons. The molecule has 0 aliphatic carbocycles. The number of hydrogen-bond acceptors (Lipinski definition) is 6. The molecule has 0 unspecified atom stereocenters. The molecule has 2 aromatic carbocycles. The van der Waals surface area contributed by atoms with Gasteiger partial charge in [0.25, 0.3) is 0 Å². The predicted octanol–water partition coefficient (Wildman–Crippen LogP) is 5.32.